The van der Waals surface area contributed by atoms with Crippen molar-refractivity contribution in [3.63, 3.8) is 0 Å². The average molecular weight is 231 g/mol. The number of aliphatic hydroxyl groups is 1. The maximum Gasteiger partial charge on any atom is 0.253 e. The third-order valence-corrected chi connectivity index (χ3v) is 2.69. The Hall–Kier alpha value is -1.79. The van der Waals surface area contributed by atoms with Crippen LogP contribution in [0.3, 0.4) is 0 Å². The summed E-state index contributed by atoms with van der Waals surface area (Å²) in [6, 6.07) is 5.46. The molecule has 1 aromatic carbocycles. The third kappa shape index (κ3) is 3.08. The second kappa shape index (κ2) is 6.07. The Morgan fingerprint density at radius 2 is 2.18 bits per heavy atom. The van der Waals surface area contributed by atoms with Crippen LogP contribution in [0.5, 0.6) is 0 Å². The Labute approximate surface area is 102 Å². The fraction of sp³-hybridized carbons (Fsp3) is 0.357. The molecule has 1 rings (SSSR count). The molecule has 17 heavy (non-hydrogen) atoms. The standard InChI is InChI=1S/C14H17NO2/c1-4-15(3)14(17)13-9-5-7-12(11(13)2)8-6-10-16/h5,7,9,16H,4,10H2,1-3H3. The van der Waals surface area contributed by atoms with Gasteiger partial charge in [0, 0.05) is 24.7 Å². The summed E-state index contributed by atoms with van der Waals surface area (Å²) in [6.07, 6.45) is 0. The summed E-state index contributed by atoms with van der Waals surface area (Å²) in [5, 5.41) is 8.67. The van der Waals surface area contributed by atoms with Gasteiger partial charge in [0.15, 0.2) is 0 Å². The summed E-state index contributed by atoms with van der Waals surface area (Å²) in [7, 11) is 1.77. The van der Waals surface area contributed by atoms with Crippen molar-refractivity contribution in [1.82, 2.24) is 4.90 Å². The highest BCUT2D eigenvalue weighted by atomic mass is 16.2. The van der Waals surface area contributed by atoms with Crippen LogP contribution in [0.25, 0.3) is 0 Å². The molecular weight excluding hydrogens is 214 g/mol. The molecule has 1 N–H and O–H groups in total. The second-order valence-electron chi connectivity index (χ2n) is 3.76. The molecule has 0 atom stereocenters. The van der Waals surface area contributed by atoms with Crippen molar-refractivity contribution in [1.29, 1.82) is 0 Å². The van der Waals surface area contributed by atoms with Gasteiger partial charge in [0.25, 0.3) is 5.91 Å². The van der Waals surface area contributed by atoms with Crippen LogP contribution in [0, 0.1) is 18.8 Å². The van der Waals surface area contributed by atoms with E-state index < -0.39 is 0 Å². The van der Waals surface area contributed by atoms with Crippen LogP contribution in [-0.4, -0.2) is 36.1 Å². The van der Waals surface area contributed by atoms with Crippen LogP contribution in [0.4, 0.5) is 0 Å². The molecule has 0 saturated heterocycles. The number of benzene rings is 1. The molecule has 0 aliphatic rings. The first-order valence-electron chi connectivity index (χ1n) is 5.56. The van der Waals surface area contributed by atoms with Crippen molar-refractivity contribution < 1.29 is 9.90 Å². The van der Waals surface area contributed by atoms with Gasteiger partial charge in [0.2, 0.25) is 0 Å². The van der Waals surface area contributed by atoms with Gasteiger partial charge in [0.05, 0.1) is 0 Å². The number of carbonyl (C=O) groups excluding carboxylic acids is 1. The van der Waals surface area contributed by atoms with E-state index in [2.05, 4.69) is 11.8 Å². The predicted molar refractivity (Wildman–Crippen MR) is 67.8 cm³/mol. The highest BCUT2D eigenvalue weighted by Crippen LogP contribution is 2.14. The number of nitrogens with zero attached hydrogens (tertiary/aromatic N) is 1. The summed E-state index contributed by atoms with van der Waals surface area (Å²) in [4.78, 5) is 13.7. The van der Waals surface area contributed by atoms with Gasteiger partial charge in [-0.3, -0.25) is 4.79 Å². The van der Waals surface area contributed by atoms with Crippen LogP contribution < -0.4 is 0 Å². The average Bonchev–Trinajstić information content (AvgIpc) is 2.35. The molecular formula is C14H17NO2. The summed E-state index contributed by atoms with van der Waals surface area (Å²) >= 11 is 0. The van der Waals surface area contributed by atoms with Crippen molar-refractivity contribution >= 4 is 5.91 Å². The molecule has 0 radical (unpaired) electrons. The molecule has 0 spiro atoms. The highest BCUT2D eigenvalue weighted by molar-refractivity contribution is 5.96. The van der Waals surface area contributed by atoms with Crippen LogP contribution in [0.15, 0.2) is 18.2 Å². The van der Waals surface area contributed by atoms with Crippen LogP contribution in [0.1, 0.15) is 28.4 Å². The first-order valence-corrected chi connectivity index (χ1v) is 5.56. The molecule has 0 aliphatic carbocycles. The van der Waals surface area contributed by atoms with Gasteiger partial charge in [-0.15, -0.1) is 0 Å². The van der Waals surface area contributed by atoms with Crippen molar-refractivity contribution in [3.8, 4) is 11.8 Å². The molecule has 0 fully saturated rings. The minimum absolute atomic E-state index is 0.00218. The number of hydrogen-bond donors (Lipinski definition) is 1. The minimum atomic E-state index is -0.174. The van der Waals surface area contributed by atoms with Gasteiger partial charge in [-0.2, -0.15) is 0 Å². The van der Waals surface area contributed by atoms with Crippen LogP contribution >= 0.6 is 0 Å². The van der Waals surface area contributed by atoms with Crippen molar-refractivity contribution in [3.05, 3.63) is 34.9 Å². The van der Waals surface area contributed by atoms with E-state index in [1.165, 1.54) is 0 Å². The number of amides is 1. The van der Waals surface area contributed by atoms with E-state index in [9.17, 15) is 4.79 Å². The normalized spacial score (nSPS) is 9.41. The Morgan fingerprint density at radius 3 is 2.76 bits per heavy atom. The Balaban J connectivity index is 3.14. The van der Waals surface area contributed by atoms with E-state index >= 15 is 0 Å². The molecule has 0 aromatic heterocycles. The van der Waals surface area contributed by atoms with Crippen molar-refractivity contribution in [2.45, 2.75) is 13.8 Å². The Kier molecular flexibility index (Phi) is 4.74. The lowest BCUT2D eigenvalue weighted by Crippen LogP contribution is -2.27. The number of rotatable bonds is 2. The van der Waals surface area contributed by atoms with E-state index in [-0.39, 0.29) is 12.5 Å². The van der Waals surface area contributed by atoms with Crippen LogP contribution in [0.2, 0.25) is 0 Å². The van der Waals surface area contributed by atoms with Gasteiger partial charge in [-0.05, 0) is 31.5 Å². The number of carbonyl (C=O) groups is 1. The zero-order valence-electron chi connectivity index (χ0n) is 10.4. The molecule has 0 unspecified atom stereocenters. The molecule has 0 aliphatic heterocycles. The second-order valence-corrected chi connectivity index (χ2v) is 3.76. The van der Waals surface area contributed by atoms with Gasteiger partial charge < -0.3 is 10.0 Å². The first kappa shape index (κ1) is 13.3. The maximum absolute atomic E-state index is 12.1. The fourth-order valence-electron chi connectivity index (χ4n) is 1.49. The SMILES string of the molecule is CCN(C)C(=O)c1cccc(C#CCO)c1C. The Morgan fingerprint density at radius 1 is 1.47 bits per heavy atom. The summed E-state index contributed by atoms with van der Waals surface area (Å²) in [5.41, 5.74) is 2.31. The monoisotopic (exact) mass is 231 g/mol. The zero-order chi connectivity index (χ0) is 12.8. The van der Waals surface area contributed by atoms with E-state index in [0.717, 1.165) is 11.1 Å². The molecule has 3 nitrogen and oxygen atoms in total. The molecule has 0 heterocycles. The topological polar surface area (TPSA) is 40.5 Å². The van der Waals surface area contributed by atoms with Gasteiger partial charge >= 0.3 is 0 Å². The molecule has 3 heteroatoms. The molecule has 1 aromatic rings. The smallest absolute Gasteiger partial charge is 0.253 e. The summed E-state index contributed by atoms with van der Waals surface area (Å²) in [5.74, 6) is 5.44. The fourth-order valence-corrected chi connectivity index (χ4v) is 1.49. The van der Waals surface area contributed by atoms with E-state index in [1.807, 2.05) is 26.0 Å². The Bertz CT molecular complexity index is 469. The first-order chi connectivity index (χ1) is 8.11. The maximum atomic E-state index is 12.1. The lowest BCUT2D eigenvalue weighted by Gasteiger charge is -2.16. The predicted octanol–water partition coefficient (Wildman–Crippen LogP) is 1.43. The highest BCUT2D eigenvalue weighted by Gasteiger charge is 2.13. The lowest BCUT2D eigenvalue weighted by molar-refractivity contribution is 0.0801. The van der Waals surface area contributed by atoms with Gasteiger partial charge in [-0.25, -0.2) is 0 Å². The third-order valence-electron chi connectivity index (χ3n) is 2.69. The largest absolute Gasteiger partial charge is 0.384 e. The molecule has 0 bridgehead atoms. The molecule has 0 saturated carbocycles. The summed E-state index contributed by atoms with van der Waals surface area (Å²) < 4.78 is 0. The molecule has 90 valence electrons. The quantitative estimate of drug-likeness (QED) is 0.782. The minimum Gasteiger partial charge on any atom is -0.384 e. The van der Waals surface area contributed by atoms with Crippen molar-refractivity contribution in [2.75, 3.05) is 20.2 Å². The molecule has 1 amide bonds. The van der Waals surface area contributed by atoms with Gasteiger partial charge in [-0.1, -0.05) is 17.9 Å². The van der Waals surface area contributed by atoms with E-state index in [4.69, 9.17) is 5.11 Å². The summed E-state index contributed by atoms with van der Waals surface area (Å²) in [6.45, 7) is 4.30. The van der Waals surface area contributed by atoms with Gasteiger partial charge in [0.1, 0.15) is 6.61 Å². The zero-order valence-corrected chi connectivity index (χ0v) is 10.4. The number of hydrogen-bond acceptors (Lipinski definition) is 2. The number of aliphatic hydroxyl groups excluding tert-OH is 1. The lowest BCUT2D eigenvalue weighted by atomic mass is 10.0. The van der Waals surface area contributed by atoms with E-state index in [0.29, 0.717) is 12.1 Å². The van der Waals surface area contributed by atoms with E-state index in [1.54, 1.807) is 18.0 Å². The van der Waals surface area contributed by atoms with Crippen LogP contribution in [-0.2, 0) is 0 Å². The van der Waals surface area contributed by atoms with Crippen molar-refractivity contribution in [2.24, 2.45) is 0 Å².